The predicted octanol–water partition coefficient (Wildman–Crippen LogP) is 3.13. The van der Waals surface area contributed by atoms with E-state index in [1.54, 1.807) is 13.0 Å². The van der Waals surface area contributed by atoms with Crippen molar-refractivity contribution in [3.05, 3.63) is 34.0 Å². The molecule has 2 aromatic heterocycles. The molecule has 0 saturated heterocycles. The Morgan fingerprint density at radius 1 is 1.28 bits per heavy atom. The van der Waals surface area contributed by atoms with Gasteiger partial charge < -0.3 is 0 Å². The van der Waals surface area contributed by atoms with Gasteiger partial charge in [-0.25, -0.2) is 13.1 Å². The van der Waals surface area contributed by atoms with E-state index in [1.165, 1.54) is 10.7 Å². The van der Waals surface area contributed by atoms with Crippen molar-refractivity contribution in [3.63, 3.8) is 0 Å². The zero-order valence-electron chi connectivity index (χ0n) is 13.6. The van der Waals surface area contributed by atoms with Crippen LogP contribution in [-0.2, 0) is 35.6 Å². The van der Waals surface area contributed by atoms with Gasteiger partial charge in [-0.3, -0.25) is 4.68 Å². The molecule has 0 amide bonds. The highest BCUT2D eigenvalue weighted by atomic mass is 32.2. The molecule has 2 heterocycles. The van der Waals surface area contributed by atoms with Crippen LogP contribution in [0.15, 0.2) is 16.3 Å². The maximum atomic E-state index is 13.1. The molecular formula is C15H18F3N3O2S2. The van der Waals surface area contributed by atoms with Crippen molar-refractivity contribution in [1.29, 1.82) is 0 Å². The molecule has 0 radical (unpaired) electrons. The average molecular weight is 393 g/mol. The molecule has 2 aromatic rings. The lowest BCUT2D eigenvalue weighted by molar-refractivity contribution is -0.142. The summed E-state index contributed by atoms with van der Waals surface area (Å²) in [6, 6.07) is 3.22. The van der Waals surface area contributed by atoms with Gasteiger partial charge in [0, 0.05) is 22.7 Å². The van der Waals surface area contributed by atoms with Crippen molar-refractivity contribution >= 4 is 21.4 Å². The van der Waals surface area contributed by atoms with E-state index in [2.05, 4.69) is 9.82 Å². The number of hydrogen-bond donors (Lipinski definition) is 1. The first-order chi connectivity index (χ1) is 11.7. The van der Waals surface area contributed by atoms with Gasteiger partial charge in [0.25, 0.3) is 0 Å². The minimum absolute atomic E-state index is 0.00923. The molecule has 0 fully saturated rings. The van der Waals surface area contributed by atoms with E-state index in [-0.39, 0.29) is 22.9 Å². The largest absolute Gasteiger partial charge is 0.435 e. The number of fused-ring (bicyclic) bond motifs is 1. The van der Waals surface area contributed by atoms with Crippen molar-refractivity contribution < 1.29 is 21.6 Å². The van der Waals surface area contributed by atoms with E-state index in [0.29, 0.717) is 25.0 Å². The first kappa shape index (κ1) is 18.4. The summed E-state index contributed by atoms with van der Waals surface area (Å²) in [6.45, 7) is 1.87. The molecule has 25 heavy (non-hydrogen) atoms. The topological polar surface area (TPSA) is 64.0 Å². The second-order valence-electron chi connectivity index (χ2n) is 5.96. The second kappa shape index (κ2) is 6.73. The number of hydrogen-bond acceptors (Lipinski definition) is 4. The fraction of sp³-hybridized carbons (Fsp3) is 0.533. The molecule has 5 nitrogen and oxygen atoms in total. The van der Waals surface area contributed by atoms with Crippen molar-refractivity contribution in [2.24, 2.45) is 0 Å². The van der Waals surface area contributed by atoms with Crippen molar-refractivity contribution in [3.8, 4) is 0 Å². The van der Waals surface area contributed by atoms with E-state index >= 15 is 0 Å². The second-order valence-corrected chi connectivity index (χ2v) is 9.25. The van der Waals surface area contributed by atoms with Crippen LogP contribution in [-0.4, -0.2) is 24.7 Å². The van der Waals surface area contributed by atoms with Gasteiger partial charge in [0.05, 0.1) is 6.54 Å². The van der Waals surface area contributed by atoms with Crippen LogP contribution in [0.5, 0.6) is 0 Å². The highest BCUT2D eigenvalue weighted by Crippen LogP contribution is 2.35. The fourth-order valence-corrected chi connectivity index (χ4v) is 5.35. The minimum Gasteiger partial charge on any atom is -0.267 e. The number of aryl methyl sites for hydroxylation is 1. The lowest BCUT2D eigenvalue weighted by atomic mass is 9.95. The highest BCUT2D eigenvalue weighted by molar-refractivity contribution is 7.91. The SMILES string of the molecule is Cc1ccc(S(=O)(=O)NCCn2nc(C(F)(F)F)c3c2CCCC3)s1. The molecular weight excluding hydrogens is 375 g/mol. The van der Waals surface area contributed by atoms with Crippen molar-refractivity contribution in [2.45, 2.75) is 49.5 Å². The lowest BCUT2D eigenvalue weighted by Crippen LogP contribution is -2.27. The molecule has 0 unspecified atom stereocenters. The van der Waals surface area contributed by atoms with Crippen LogP contribution in [0.25, 0.3) is 0 Å². The summed E-state index contributed by atoms with van der Waals surface area (Å²) in [4.78, 5) is 0.872. The minimum atomic E-state index is -4.49. The van der Waals surface area contributed by atoms with Gasteiger partial charge in [-0.05, 0) is 44.7 Å². The summed E-state index contributed by atoms with van der Waals surface area (Å²) < 4.78 is 67.7. The van der Waals surface area contributed by atoms with E-state index in [0.717, 1.165) is 22.6 Å². The molecule has 10 heteroatoms. The molecule has 0 spiro atoms. The van der Waals surface area contributed by atoms with Gasteiger partial charge in [-0.15, -0.1) is 11.3 Å². The summed E-state index contributed by atoms with van der Waals surface area (Å²) in [5, 5.41) is 3.72. The zero-order valence-corrected chi connectivity index (χ0v) is 15.2. The Kier molecular flexibility index (Phi) is 4.95. The Morgan fingerprint density at radius 3 is 2.64 bits per heavy atom. The van der Waals surface area contributed by atoms with E-state index in [9.17, 15) is 21.6 Å². The van der Waals surface area contributed by atoms with Gasteiger partial charge in [0.2, 0.25) is 10.0 Å². The number of aromatic nitrogens is 2. The smallest absolute Gasteiger partial charge is 0.267 e. The number of nitrogens with one attached hydrogen (secondary N) is 1. The van der Waals surface area contributed by atoms with Crippen LogP contribution < -0.4 is 4.72 Å². The third-order valence-corrected chi connectivity index (χ3v) is 7.08. The van der Waals surface area contributed by atoms with Crippen LogP contribution in [0.3, 0.4) is 0 Å². The molecule has 1 aliphatic carbocycles. The summed E-state index contributed by atoms with van der Waals surface area (Å²) in [7, 11) is -3.65. The summed E-state index contributed by atoms with van der Waals surface area (Å²) >= 11 is 1.15. The van der Waals surface area contributed by atoms with Crippen LogP contribution in [0.2, 0.25) is 0 Å². The molecule has 1 aliphatic rings. The Balaban J connectivity index is 1.74. The molecule has 0 saturated carbocycles. The summed E-state index contributed by atoms with van der Waals surface area (Å²) in [5.74, 6) is 0. The molecule has 0 atom stereocenters. The fourth-order valence-electron chi connectivity index (χ4n) is 3.00. The maximum Gasteiger partial charge on any atom is 0.435 e. The third kappa shape index (κ3) is 3.90. The Bertz CT molecular complexity index is 869. The van der Waals surface area contributed by atoms with Crippen molar-refractivity contribution in [1.82, 2.24) is 14.5 Å². The predicted molar refractivity (Wildman–Crippen MR) is 88.1 cm³/mol. The lowest BCUT2D eigenvalue weighted by Gasteiger charge is -2.14. The number of halogens is 3. The third-order valence-electron chi connectivity index (χ3n) is 4.12. The maximum absolute atomic E-state index is 13.1. The van der Waals surface area contributed by atoms with E-state index in [1.807, 2.05) is 0 Å². The quantitative estimate of drug-likeness (QED) is 0.849. The van der Waals surface area contributed by atoms with Gasteiger partial charge in [-0.2, -0.15) is 18.3 Å². The summed E-state index contributed by atoms with van der Waals surface area (Å²) in [5.41, 5.74) is -0.000770. The molecule has 3 rings (SSSR count). The highest BCUT2D eigenvalue weighted by Gasteiger charge is 2.39. The summed E-state index contributed by atoms with van der Waals surface area (Å²) in [6.07, 6.45) is -2.05. The Morgan fingerprint density at radius 2 is 2.00 bits per heavy atom. The Labute approximate surface area is 147 Å². The molecule has 0 aromatic carbocycles. The van der Waals surface area contributed by atoms with Crippen LogP contribution in [0.1, 0.15) is 34.7 Å². The number of thiophene rings is 1. The normalized spacial score (nSPS) is 15.4. The monoisotopic (exact) mass is 393 g/mol. The van der Waals surface area contributed by atoms with Crippen LogP contribution in [0, 0.1) is 6.92 Å². The average Bonchev–Trinajstić information content (AvgIpc) is 3.12. The van der Waals surface area contributed by atoms with Gasteiger partial charge in [0.15, 0.2) is 5.69 Å². The standard InChI is InChI=1S/C15H18F3N3O2S2/c1-10-6-7-13(24-10)25(22,23)19-8-9-21-12-5-3-2-4-11(12)14(20-21)15(16,17)18/h6-7,19H,2-5,8-9H2,1H3. The number of rotatable bonds is 5. The van der Waals surface area contributed by atoms with E-state index in [4.69, 9.17) is 0 Å². The van der Waals surface area contributed by atoms with Crippen molar-refractivity contribution in [2.75, 3.05) is 6.54 Å². The van der Waals surface area contributed by atoms with Gasteiger partial charge in [-0.1, -0.05) is 0 Å². The van der Waals surface area contributed by atoms with Crippen LogP contribution >= 0.6 is 11.3 Å². The molecule has 1 N–H and O–H groups in total. The molecule has 0 bridgehead atoms. The molecule has 0 aliphatic heterocycles. The zero-order chi connectivity index (χ0) is 18.2. The first-order valence-corrected chi connectivity index (χ1v) is 10.2. The Hall–Kier alpha value is -1.39. The molecule has 138 valence electrons. The number of alkyl halides is 3. The van der Waals surface area contributed by atoms with Gasteiger partial charge >= 0.3 is 6.18 Å². The van der Waals surface area contributed by atoms with Crippen LogP contribution in [0.4, 0.5) is 13.2 Å². The first-order valence-electron chi connectivity index (χ1n) is 7.90. The number of nitrogens with zero attached hydrogens (tertiary/aromatic N) is 2. The number of sulfonamides is 1. The van der Waals surface area contributed by atoms with E-state index < -0.39 is 21.9 Å². The van der Waals surface area contributed by atoms with Gasteiger partial charge in [0.1, 0.15) is 4.21 Å².